The number of rotatable bonds is 6. The number of fused-ring (bicyclic) bond motifs is 6. The van der Waals surface area contributed by atoms with Crippen LogP contribution in [0.3, 0.4) is 0 Å². The standard InChI is InChI=1S/C42H28N2S2/c1-4-12-29(13-5-1)43(30-14-6-2-7-15-30)32-20-24-41-37(27-32)38-28-34(22-25-42(38)46-41)44(31-16-8-3-9-17-31)33-21-23-40-36(26-33)35-18-10-11-19-39(35)45-40/h1-28H. The summed E-state index contributed by atoms with van der Waals surface area (Å²) in [7, 11) is 0. The van der Waals surface area contributed by atoms with Gasteiger partial charge in [0, 0.05) is 74.5 Å². The molecule has 7 aromatic carbocycles. The van der Waals surface area contributed by atoms with E-state index in [0.29, 0.717) is 0 Å². The highest BCUT2D eigenvalue weighted by Gasteiger charge is 2.18. The van der Waals surface area contributed by atoms with Crippen molar-refractivity contribution in [1.29, 1.82) is 0 Å². The molecule has 0 fully saturated rings. The zero-order valence-electron chi connectivity index (χ0n) is 24.9. The molecule has 9 rings (SSSR count). The fourth-order valence-corrected chi connectivity index (χ4v) is 8.66. The molecule has 0 radical (unpaired) electrons. The second kappa shape index (κ2) is 11.2. The predicted octanol–water partition coefficient (Wildman–Crippen LogP) is 13.4. The summed E-state index contributed by atoms with van der Waals surface area (Å²) in [6.07, 6.45) is 0. The van der Waals surface area contributed by atoms with Crippen LogP contribution in [-0.4, -0.2) is 0 Å². The molecule has 2 aromatic heterocycles. The van der Waals surface area contributed by atoms with Crippen molar-refractivity contribution in [3.63, 3.8) is 0 Å². The van der Waals surface area contributed by atoms with E-state index in [-0.39, 0.29) is 0 Å². The molecule has 46 heavy (non-hydrogen) atoms. The maximum Gasteiger partial charge on any atom is 0.0468 e. The summed E-state index contributed by atoms with van der Waals surface area (Å²) in [4.78, 5) is 4.72. The second-order valence-corrected chi connectivity index (χ2v) is 13.6. The maximum absolute atomic E-state index is 2.39. The first-order chi connectivity index (χ1) is 22.8. The van der Waals surface area contributed by atoms with Crippen LogP contribution in [-0.2, 0) is 0 Å². The van der Waals surface area contributed by atoms with Crippen LogP contribution in [0.1, 0.15) is 0 Å². The molecule has 0 bridgehead atoms. The summed E-state index contributed by atoms with van der Waals surface area (Å²) in [6.45, 7) is 0. The fraction of sp³-hybridized carbons (Fsp3) is 0. The Bertz CT molecular complexity index is 2440. The summed E-state index contributed by atoms with van der Waals surface area (Å²) >= 11 is 3.71. The number of nitrogens with zero attached hydrogens (tertiary/aromatic N) is 2. The van der Waals surface area contributed by atoms with Crippen molar-refractivity contribution in [3.05, 3.63) is 170 Å². The Hall–Kier alpha value is -5.42. The first-order valence-corrected chi connectivity index (χ1v) is 17.1. The average Bonchev–Trinajstić information content (AvgIpc) is 3.68. The number of hydrogen-bond donors (Lipinski definition) is 0. The number of benzene rings is 7. The van der Waals surface area contributed by atoms with E-state index in [9.17, 15) is 0 Å². The van der Waals surface area contributed by atoms with Crippen LogP contribution in [0.5, 0.6) is 0 Å². The fourth-order valence-electron chi connectivity index (χ4n) is 6.51. The minimum Gasteiger partial charge on any atom is -0.310 e. The molecule has 0 aliphatic carbocycles. The van der Waals surface area contributed by atoms with Crippen molar-refractivity contribution >= 4 is 97.1 Å². The minimum atomic E-state index is 1.14. The Labute approximate surface area is 275 Å². The lowest BCUT2D eigenvalue weighted by molar-refractivity contribution is 1.29. The van der Waals surface area contributed by atoms with Crippen molar-refractivity contribution in [2.45, 2.75) is 0 Å². The van der Waals surface area contributed by atoms with Gasteiger partial charge in [0.1, 0.15) is 0 Å². The van der Waals surface area contributed by atoms with Gasteiger partial charge in [-0.25, -0.2) is 0 Å². The highest BCUT2D eigenvalue weighted by Crippen LogP contribution is 2.44. The van der Waals surface area contributed by atoms with Crippen LogP contribution in [0.25, 0.3) is 40.3 Å². The Morgan fingerprint density at radius 2 is 0.587 bits per heavy atom. The molecule has 0 spiro atoms. The molecule has 0 atom stereocenters. The quantitative estimate of drug-likeness (QED) is 0.182. The predicted molar refractivity (Wildman–Crippen MR) is 202 cm³/mol. The van der Waals surface area contributed by atoms with Gasteiger partial charge in [-0.2, -0.15) is 0 Å². The van der Waals surface area contributed by atoms with Gasteiger partial charge < -0.3 is 9.80 Å². The van der Waals surface area contributed by atoms with Crippen LogP contribution in [0.2, 0.25) is 0 Å². The molecule has 0 aliphatic heterocycles. The smallest absolute Gasteiger partial charge is 0.0468 e. The first kappa shape index (κ1) is 26.9. The first-order valence-electron chi connectivity index (χ1n) is 15.4. The molecular formula is C42H28N2S2. The lowest BCUT2D eigenvalue weighted by Crippen LogP contribution is -2.09. The van der Waals surface area contributed by atoms with Crippen molar-refractivity contribution in [2.24, 2.45) is 0 Å². The van der Waals surface area contributed by atoms with Crippen LogP contribution in [0, 0.1) is 0 Å². The Balaban J connectivity index is 1.22. The molecule has 218 valence electrons. The van der Waals surface area contributed by atoms with Gasteiger partial charge in [0.15, 0.2) is 0 Å². The third-order valence-corrected chi connectivity index (χ3v) is 10.9. The Morgan fingerprint density at radius 1 is 0.261 bits per heavy atom. The molecule has 9 aromatic rings. The van der Waals surface area contributed by atoms with E-state index in [0.717, 1.165) is 34.1 Å². The molecule has 2 heterocycles. The third-order valence-electron chi connectivity index (χ3n) is 8.61. The lowest BCUT2D eigenvalue weighted by atomic mass is 10.1. The van der Waals surface area contributed by atoms with E-state index in [2.05, 4.69) is 180 Å². The van der Waals surface area contributed by atoms with Gasteiger partial charge >= 0.3 is 0 Å². The van der Waals surface area contributed by atoms with E-state index in [1.54, 1.807) is 0 Å². The minimum absolute atomic E-state index is 1.14. The molecule has 0 unspecified atom stereocenters. The number of para-hydroxylation sites is 3. The molecule has 0 amide bonds. The Kier molecular flexibility index (Phi) is 6.55. The monoisotopic (exact) mass is 624 g/mol. The topological polar surface area (TPSA) is 6.48 Å². The number of hydrogen-bond acceptors (Lipinski definition) is 4. The van der Waals surface area contributed by atoms with E-state index in [1.165, 1.54) is 40.3 Å². The molecule has 0 saturated carbocycles. The van der Waals surface area contributed by atoms with Gasteiger partial charge in [0.05, 0.1) is 0 Å². The van der Waals surface area contributed by atoms with Crippen LogP contribution in [0.4, 0.5) is 34.1 Å². The van der Waals surface area contributed by atoms with Crippen molar-refractivity contribution in [1.82, 2.24) is 0 Å². The summed E-state index contributed by atoms with van der Waals surface area (Å²) in [5.74, 6) is 0. The van der Waals surface area contributed by atoms with Crippen molar-refractivity contribution < 1.29 is 0 Å². The Morgan fingerprint density at radius 3 is 1.02 bits per heavy atom. The van der Waals surface area contributed by atoms with Gasteiger partial charge in [-0.05, 0) is 97.1 Å². The second-order valence-electron chi connectivity index (χ2n) is 11.4. The molecule has 2 nitrogen and oxygen atoms in total. The van der Waals surface area contributed by atoms with Gasteiger partial charge in [-0.15, -0.1) is 22.7 Å². The molecule has 0 aliphatic rings. The van der Waals surface area contributed by atoms with E-state index in [1.807, 2.05) is 22.7 Å². The van der Waals surface area contributed by atoms with Gasteiger partial charge in [0.2, 0.25) is 0 Å². The molecule has 0 saturated heterocycles. The van der Waals surface area contributed by atoms with Crippen LogP contribution in [0.15, 0.2) is 170 Å². The summed E-state index contributed by atoms with van der Waals surface area (Å²) < 4.78 is 5.21. The highest BCUT2D eigenvalue weighted by atomic mass is 32.1. The largest absolute Gasteiger partial charge is 0.310 e. The van der Waals surface area contributed by atoms with E-state index >= 15 is 0 Å². The maximum atomic E-state index is 2.39. The zero-order valence-corrected chi connectivity index (χ0v) is 26.5. The highest BCUT2D eigenvalue weighted by molar-refractivity contribution is 7.26. The number of thiophene rings is 2. The molecule has 4 heteroatoms. The molecular weight excluding hydrogens is 597 g/mol. The van der Waals surface area contributed by atoms with Crippen LogP contribution >= 0.6 is 22.7 Å². The van der Waals surface area contributed by atoms with Gasteiger partial charge in [0.25, 0.3) is 0 Å². The zero-order chi connectivity index (χ0) is 30.5. The summed E-state index contributed by atoms with van der Waals surface area (Å²) in [6, 6.07) is 61.4. The van der Waals surface area contributed by atoms with Crippen LogP contribution < -0.4 is 9.80 Å². The lowest BCUT2D eigenvalue weighted by Gasteiger charge is -2.26. The summed E-state index contributed by atoms with van der Waals surface area (Å²) in [5, 5.41) is 5.14. The average molecular weight is 625 g/mol. The van der Waals surface area contributed by atoms with E-state index in [4.69, 9.17) is 0 Å². The van der Waals surface area contributed by atoms with Crippen molar-refractivity contribution in [3.8, 4) is 0 Å². The third kappa shape index (κ3) is 4.62. The normalized spacial score (nSPS) is 11.5. The number of anilines is 6. The SMILES string of the molecule is c1ccc(N(c2ccccc2)c2ccc3sc4ccc(N(c5ccccc5)c5ccc6sc7ccccc7c6c5)cc4c3c2)cc1. The van der Waals surface area contributed by atoms with E-state index < -0.39 is 0 Å². The van der Waals surface area contributed by atoms with Gasteiger partial charge in [-0.1, -0.05) is 72.8 Å². The summed E-state index contributed by atoms with van der Waals surface area (Å²) in [5.41, 5.74) is 6.86. The van der Waals surface area contributed by atoms with Crippen molar-refractivity contribution in [2.75, 3.05) is 9.80 Å². The van der Waals surface area contributed by atoms with Gasteiger partial charge in [-0.3, -0.25) is 0 Å². The molecule has 0 N–H and O–H groups in total.